The Balaban J connectivity index is 2.23. The van der Waals surface area contributed by atoms with Crippen molar-refractivity contribution in [2.45, 2.75) is 26.8 Å². The van der Waals surface area contributed by atoms with Gasteiger partial charge in [0.1, 0.15) is 0 Å². The lowest BCUT2D eigenvalue weighted by atomic mass is 10.1. The third-order valence-electron chi connectivity index (χ3n) is 3.40. The molecule has 0 saturated carbocycles. The van der Waals surface area contributed by atoms with E-state index in [0.29, 0.717) is 13.1 Å². The van der Waals surface area contributed by atoms with E-state index < -0.39 is 0 Å². The van der Waals surface area contributed by atoms with Gasteiger partial charge in [0.15, 0.2) is 0 Å². The Labute approximate surface area is 130 Å². The lowest BCUT2D eigenvalue weighted by Crippen LogP contribution is -2.36. The second-order valence-corrected chi connectivity index (χ2v) is 6.42. The Hall–Kier alpha value is -1.65. The van der Waals surface area contributed by atoms with Crippen molar-refractivity contribution < 1.29 is 4.79 Å². The lowest BCUT2D eigenvalue weighted by Gasteiger charge is -2.22. The van der Waals surface area contributed by atoms with Crippen molar-refractivity contribution in [2.75, 3.05) is 18.5 Å². The Bertz CT molecular complexity index is 589. The summed E-state index contributed by atoms with van der Waals surface area (Å²) in [4.78, 5) is 16.7. The molecule has 4 heteroatoms. The first-order chi connectivity index (χ1) is 10.1. The molecule has 112 valence electrons. The standard InChI is InChI=1S/C17H22N2OS/c1-4-14-6-8-15(9-7-14)19(17(20)11-18-3)12-16-10-5-13(2)21-16/h5-10,18H,4,11-12H2,1-3H3. The summed E-state index contributed by atoms with van der Waals surface area (Å²) in [6, 6.07) is 12.4. The van der Waals surface area contributed by atoms with E-state index in [1.807, 2.05) is 17.0 Å². The van der Waals surface area contributed by atoms with Gasteiger partial charge in [0, 0.05) is 15.4 Å². The molecule has 1 aromatic heterocycles. The van der Waals surface area contributed by atoms with Crippen molar-refractivity contribution in [3.63, 3.8) is 0 Å². The number of amides is 1. The van der Waals surface area contributed by atoms with E-state index >= 15 is 0 Å². The zero-order valence-corrected chi connectivity index (χ0v) is 13.7. The van der Waals surface area contributed by atoms with Crippen molar-refractivity contribution in [1.82, 2.24) is 5.32 Å². The van der Waals surface area contributed by atoms with Gasteiger partial charge in [-0.05, 0) is 50.2 Å². The van der Waals surface area contributed by atoms with Crippen LogP contribution in [0.25, 0.3) is 0 Å². The number of carbonyl (C=O) groups is 1. The third-order valence-corrected chi connectivity index (χ3v) is 4.38. The van der Waals surface area contributed by atoms with E-state index in [1.165, 1.54) is 15.3 Å². The maximum Gasteiger partial charge on any atom is 0.241 e. The minimum absolute atomic E-state index is 0.0906. The van der Waals surface area contributed by atoms with E-state index in [0.717, 1.165) is 12.1 Å². The third kappa shape index (κ3) is 4.16. The summed E-state index contributed by atoms with van der Waals surface area (Å²) in [7, 11) is 1.80. The van der Waals surface area contributed by atoms with E-state index in [2.05, 4.69) is 43.4 Å². The average Bonchev–Trinajstić information content (AvgIpc) is 2.90. The van der Waals surface area contributed by atoms with Crippen LogP contribution in [0, 0.1) is 6.92 Å². The molecule has 1 aromatic carbocycles. The van der Waals surface area contributed by atoms with Gasteiger partial charge in [-0.3, -0.25) is 4.79 Å². The summed E-state index contributed by atoms with van der Waals surface area (Å²) >= 11 is 1.74. The quantitative estimate of drug-likeness (QED) is 0.887. The molecular weight excluding hydrogens is 280 g/mol. The minimum Gasteiger partial charge on any atom is -0.311 e. The monoisotopic (exact) mass is 302 g/mol. The molecule has 0 radical (unpaired) electrons. The number of benzene rings is 1. The van der Waals surface area contributed by atoms with Gasteiger partial charge >= 0.3 is 0 Å². The summed E-state index contributed by atoms with van der Waals surface area (Å²) in [5.74, 6) is 0.0906. The number of hydrogen-bond acceptors (Lipinski definition) is 3. The summed E-state index contributed by atoms with van der Waals surface area (Å²) in [6.45, 7) is 5.20. The predicted molar refractivity (Wildman–Crippen MR) is 90.0 cm³/mol. The molecule has 0 aliphatic heterocycles. The predicted octanol–water partition coefficient (Wildman–Crippen LogP) is 3.37. The minimum atomic E-state index is 0.0906. The van der Waals surface area contributed by atoms with E-state index in [-0.39, 0.29) is 5.91 Å². The molecule has 1 N–H and O–H groups in total. The fraction of sp³-hybridized carbons (Fsp3) is 0.353. The molecule has 2 rings (SSSR count). The highest BCUT2D eigenvalue weighted by molar-refractivity contribution is 7.11. The van der Waals surface area contributed by atoms with Crippen molar-refractivity contribution in [3.05, 3.63) is 51.7 Å². The van der Waals surface area contributed by atoms with Crippen molar-refractivity contribution in [3.8, 4) is 0 Å². The number of aryl methyl sites for hydroxylation is 2. The van der Waals surface area contributed by atoms with Crippen LogP contribution >= 0.6 is 11.3 Å². The SMILES string of the molecule is CCc1ccc(N(Cc2ccc(C)s2)C(=O)CNC)cc1. The number of hydrogen-bond donors (Lipinski definition) is 1. The van der Waals surface area contributed by atoms with E-state index in [4.69, 9.17) is 0 Å². The number of thiophene rings is 1. The van der Waals surface area contributed by atoms with Crippen molar-refractivity contribution in [1.29, 1.82) is 0 Å². The van der Waals surface area contributed by atoms with Crippen LogP contribution in [0.1, 0.15) is 22.2 Å². The van der Waals surface area contributed by atoms with Crippen LogP contribution in [0.5, 0.6) is 0 Å². The number of likely N-dealkylation sites (N-methyl/N-ethyl adjacent to an activating group) is 1. The fourth-order valence-electron chi connectivity index (χ4n) is 2.21. The molecule has 0 fully saturated rings. The number of rotatable bonds is 6. The fourth-order valence-corrected chi connectivity index (χ4v) is 3.09. The summed E-state index contributed by atoms with van der Waals surface area (Å²) in [5, 5.41) is 2.94. The summed E-state index contributed by atoms with van der Waals surface area (Å²) < 4.78 is 0. The van der Waals surface area contributed by atoms with E-state index in [1.54, 1.807) is 18.4 Å². The molecule has 0 aliphatic rings. The molecule has 1 amide bonds. The van der Waals surface area contributed by atoms with Gasteiger partial charge in [0.2, 0.25) is 5.91 Å². The van der Waals surface area contributed by atoms with Crippen LogP contribution < -0.4 is 10.2 Å². The van der Waals surface area contributed by atoms with Crippen LogP contribution in [0.3, 0.4) is 0 Å². The Morgan fingerprint density at radius 1 is 1.19 bits per heavy atom. The average molecular weight is 302 g/mol. The normalized spacial score (nSPS) is 10.6. The molecule has 0 spiro atoms. The molecule has 0 saturated heterocycles. The van der Waals surface area contributed by atoms with Gasteiger partial charge in [0.05, 0.1) is 13.1 Å². The first-order valence-electron chi connectivity index (χ1n) is 7.23. The molecule has 21 heavy (non-hydrogen) atoms. The smallest absolute Gasteiger partial charge is 0.241 e. The lowest BCUT2D eigenvalue weighted by molar-refractivity contribution is -0.117. The Morgan fingerprint density at radius 2 is 1.90 bits per heavy atom. The molecular formula is C17H22N2OS. The number of nitrogens with one attached hydrogen (secondary N) is 1. The maximum atomic E-state index is 12.4. The van der Waals surface area contributed by atoms with Crippen LogP contribution in [0.15, 0.2) is 36.4 Å². The van der Waals surface area contributed by atoms with Crippen LogP contribution in [0.2, 0.25) is 0 Å². The van der Waals surface area contributed by atoms with Gasteiger partial charge in [-0.15, -0.1) is 11.3 Å². The molecule has 2 aromatic rings. The van der Waals surface area contributed by atoms with Gasteiger partial charge in [-0.25, -0.2) is 0 Å². The molecule has 0 aliphatic carbocycles. The van der Waals surface area contributed by atoms with Crippen LogP contribution in [-0.2, 0) is 17.8 Å². The van der Waals surface area contributed by atoms with Crippen molar-refractivity contribution >= 4 is 22.9 Å². The topological polar surface area (TPSA) is 32.3 Å². The largest absolute Gasteiger partial charge is 0.311 e. The Kier molecular flexibility index (Phi) is 5.53. The van der Waals surface area contributed by atoms with Gasteiger partial charge in [-0.2, -0.15) is 0 Å². The summed E-state index contributed by atoms with van der Waals surface area (Å²) in [6.07, 6.45) is 1.01. The highest BCUT2D eigenvalue weighted by atomic mass is 32.1. The molecule has 0 bridgehead atoms. The summed E-state index contributed by atoms with van der Waals surface area (Å²) in [5.41, 5.74) is 2.24. The number of nitrogens with zero attached hydrogens (tertiary/aromatic N) is 1. The zero-order valence-electron chi connectivity index (χ0n) is 12.8. The molecule has 0 atom stereocenters. The second-order valence-electron chi connectivity index (χ2n) is 5.04. The van der Waals surface area contributed by atoms with Crippen LogP contribution in [0.4, 0.5) is 5.69 Å². The Morgan fingerprint density at radius 3 is 2.43 bits per heavy atom. The number of anilines is 1. The highest BCUT2D eigenvalue weighted by Gasteiger charge is 2.16. The number of carbonyl (C=O) groups excluding carboxylic acids is 1. The van der Waals surface area contributed by atoms with Crippen LogP contribution in [-0.4, -0.2) is 19.5 Å². The first kappa shape index (κ1) is 15.7. The van der Waals surface area contributed by atoms with Gasteiger partial charge in [-0.1, -0.05) is 19.1 Å². The zero-order chi connectivity index (χ0) is 15.2. The second kappa shape index (κ2) is 7.38. The van der Waals surface area contributed by atoms with Gasteiger partial charge < -0.3 is 10.2 Å². The molecule has 1 heterocycles. The first-order valence-corrected chi connectivity index (χ1v) is 8.05. The maximum absolute atomic E-state index is 12.4. The van der Waals surface area contributed by atoms with Gasteiger partial charge in [0.25, 0.3) is 0 Å². The molecule has 0 unspecified atom stereocenters. The molecule has 3 nitrogen and oxygen atoms in total. The van der Waals surface area contributed by atoms with E-state index in [9.17, 15) is 4.79 Å². The van der Waals surface area contributed by atoms with Crippen molar-refractivity contribution in [2.24, 2.45) is 0 Å². The highest BCUT2D eigenvalue weighted by Crippen LogP contribution is 2.22.